The zero-order valence-electron chi connectivity index (χ0n) is 16.8. The third-order valence-electron chi connectivity index (χ3n) is 6.27. The van der Waals surface area contributed by atoms with Gasteiger partial charge in [0, 0.05) is 0 Å². The predicted molar refractivity (Wildman–Crippen MR) is 132 cm³/mol. The smallest absolute Gasteiger partial charge is 0.423 e. The van der Waals surface area contributed by atoms with Gasteiger partial charge < -0.3 is 10.0 Å². The van der Waals surface area contributed by atoms with Gasteiger partial charge >= 0.3 is 7.12 Å². The van der Waals surface area contributed by atoms with Crippen molar-refractivity contribution in [2.45, 2.75) is 0 Å². The van der Waals surface area contributed by atoms with Crippen molar-refractivity contribution < 1.29 is 10.0 Å². The Balaban J connectivity index is 1.81. The molecule has 146 valence electrons. The molecule has 0 fully saturated rings. The van der Waals surface area contributed by atoms with Crippen LogP contribution in [0, 0.1) is 0 Å². The highest BCUT2D eigenvalue weighted by molar-refractivity contribution is 6.58. The Morgan fingerprint density at radius 2 is 0.903 bits per heavy atom. The van der Waals surface area contributed by atoms with Gasteiger partial charge in [-0.15, -0.1) is 0 Å². The first kappa shape index (κ1) is 18.1. The number of hydrogen-bond acceptors (Lipinski definition) is 2. The van der Waals surface area contributed by atoms with Crippen LogP contribution in [0.3, 0.4) is 0 Å². The monoisotopic (exact) mass is 398 g/mol. The summed E-state index contributed by atoms with van der Waals surface area (Å²) in [5.41, 5.74) is 2.69. The molecule has 3 heteroatoms. The minimum atomic E-state index is -1.46. The summed E-state index contributed by atoms with van der Waals surface area (Å²) in [6.07, 6.45) is 0. The Bertz CT molecular complexity index is 1600. The molecule has 0 radical (unpaired) electrons. The van der Waals surface area contributed by atoms with Crippen LogP contribution in [-0.2, 0) is 0 Å². The van der Waals surface area contributed by atoms with Gasteiger partial charge in [-0.3, -0.25) is 0 Å². The molecule has 6 rings (SSSR count). The zero-order chi connectivity index (χ0) is 20.9. The van der Waals surface area contributed by atoms with Crippen molar-refractivity contribution in [3.05, 3.63) is 103 Å². The van der Waals surface area contributed by atoms with Crippen molar-refractivity contribution in [3.63, 3.8) is 0 Å². The summed E-state index contributed by atoms with van der Waals surface area (Å²) in [7, 11) is -1.46. The highest BCUT2D eigenvalue weighted by atomic mass is 16.4. The number of benzene rings is 6. The fraction of sp³-hybridized carbons (Fsp3) is 0. The predicted octanol–water partition coefficient (Wildman–Crippen LogP) is 5.65. The highest BCUT2D eigenvalue weighted by Gasteiger charge is 2.15. The summed E-state index contributed by atoms with van der Waals surface area (Å²) in [6.45, 7) is 0. The molecule has 0 saturated carbocycles. The molecule has 0 aliphatic heterocycles. The quantitative estimate of drug-likeness (QED) is 0.293. The minimum Gasteiger partial charge on any atom is -0.423 e. The molecule has 6 aromatic rings. The van der Waals surface area contributed by atoms with E-state index in [9.17, 15) is 10.0 Å². The van der Waals surface area contributed by atoms with Gasteiger partial charge in [-0.1, -0.05) is 97.1 Å². The maximum absolute atomic E-state index is 9.47. The molecular formula is C28H19BO2. The molecule has 0 heterocycles. The second-order valence-electron chi connectivity index (χ2n) is 7.98. The Morgan fingerprint density at radius 1 is 0.452 bits per heavy atom. The van der Waals surface area contributed by atoms with E-state index in [1.807, 2.05) is 12.1 Å². The van der Waals surface area contributed by atoms with Gasteiger partial charge in [0.05, 0.1) is 0 Å². The van der Waals surface area contributed by atoms with Gasteiger partial charge in [0.15, 0.2) is 0 Å². The molecule has 0 amide bonds. The molecule has 2 N–H and O–H groups in total. The summed E-state index contributed by atoms with van der Waals surface area (Å²) in [6, 6.07) is 35.5. The van der Waals surface area contributed by atoms with Gasteiger partial charge in [-0.2, -0.15) is 0 Å². The van der Waals surface area contributed by atoms with Gasteiger partial charge in [0.2, 0.25) is 0 Å². The van der Waals surface area contributed by atoms with E-state index < -0.39 is 7.12 Å². The number of rotatable bonds is 2. The Morgan fingerprint density at radius 3 is 1.48 bits per heavy atom. The van der Waals surface area contributed by atoms with Gasteiger partial charge in [-0.05, 0) is 65.7 Å². The van der Waals surface area contributed by atoms with Gasteiger partial charge in [-0.25, -0.2) is 0 Å². The van der Waals surface area contributed by atoms with Crippen molar-refractivity contribution in [2.75, 3.05) is 0 Å². The van der Waals surface area contributed by atoms with Crippen LogP contribution in [0.2, 0.25) is 0 Å². The first-order valence-corrected chi connectivity index (χ1v) is 10.4. The molecule has 0 aliphatic rings. The van der Waals surface area contributed by atoms with Crippen molar-refractivity contribution in [1.82, 2.24) is 0 Å². The zero-order valence-corrected chi connectivity index (χ0v) is 16.8. The standard InChI is InChI=1S/C28H19BO2/c30-29(31)19-15-13-18(14-16-19)26-17-27-22-9-2-1-7-20(22)21-8-3-5-11-24(21)28(27)25-12-6-4-10-23(25)26/h1-17,30-31H. The van der Waals surface area contributed by atoms with E-state index in [0.717, 1.165) is 11.1 Å². The summed E-state index contributed by atoms with van der Waals surface area (Å²) in [5, 5.41) is 28.9. The molecule has 0 unspecified atom stereocenters. The average Bonchev–Trinajstić information content (AvgIpc) is 2.83. The number of fused-ring (bicyclic) bond motifs is 8. The molecule has 0 saturated heterocycles. The van der Waals surface area contributed by atoms with Crippen LogP contribution in [-0.4, -0.2) is 17.2 Å². The fourth-order valence-corrected chi connectivity index (χ4v) is 4.84. The summed E-state index contributed by atoms with van der Waals surface area (Å²) < 4.78 is 0. The molecule has 0 spiro atoms. The third kappa shape index (κ3) is 2.75. The fourth-order valence-electron chi connectivity index (χ4n) is 4.84. The van der Waals surface area contributed by atoms with Gasteiger partial charge in [0.1, 0.15) is 0 Å². The maximum atomic E-state index is 9.47. The average molecular weight is 398 g/mol. The summed E-state index contributed by atoms with van der Waals surface area (Å²) in [5.74, 6) is 0. The van der Waals surface area contributed by atoms with Crippen LogP contribution >= 0.6 is 0 Å². The topological polar surface area (TPSA) is 40.5 Å². The van der Waals surface area contributed by atoms with Gasteiger partial charge in [0.25, 0.3) is 0 Å². The van der Waals surface area contributed by atoms with Crippen LogP contribution in [0.1, 0.15) is 0 Å². The van der Waals surface area contributed by atoms with E-state index in [0.29, 0.717) is 5.46 Å². The lowest BCUT2D eigenvalue weighted by molar-refractivity contribution is 0.426. The highest BCUT2D eigenvalue weighted by Crippen LogP contribution is 2.42. The molecule has 31 heavy (non-hydrogen) atoms. The Kier molecular flexibility index (Phi) is 4.07. The van der Waals surface area contributed by atoms with E-state index in [4.69, 9.17) is 0 Å². The van der Waals surface area contributed by atoms with Crippen molar-refractivity contribution in [1.29, 1.82) is 0 Å². The lowest BCUT2D eigenvalue weighted by atomic mass is 9.79. The normalized spacial score (nSPS) is 11.5. The SMILES string of the molecule is OB(O)c1ccc(-c2cc3c4ccccc4c4ccccc4c3c3ccccc23)cc1. The first-order chi connectivity index (χ1) is 15.2. The second-order valence-corrected chi connectivity index (χ2v) is 7.98. The van der Waals surface area contributed by atoms with Crippen molar-refractivity contribution in [2.24, 2.45) is 0 Å². The lowest BCUT2D eigenvalue weighted by Gasteiger charge is -2.16. The molecule has 0 bridgehead atoms. The van der Waals surface area contributed by atoms with E-state index >= 15 is 0 Å². The molecule has 0 atom stereocenters. The number of hydrogen-bond donors (Lipinski definition) is 2. The Hall–Kier alpha value is -3.66. The van der Waals surface area contributed by atoms with E-state index in [1.54, 1.807) is 12.1 Å². The van der Waals surface area contributed by atoms with E-state index in [1.165, 1.54) is 43.1 Å². The van der Waals surface area contributed by atoms with Crippen molar-refractivity contribution >= 4 is 55.7 Å². The lowest BCUT2D eigenvalue weighted by Crippen LogP contribution is -2.29. The van der Waals surface area contributed by atoms with E-state index in [2.05, 4.69) is 78.9 Å². The second kappa shape index (κ2) is 6.95. The van der Waals surface area contributed by atoms with Crippen LogP contribution in [0.4, 0.5) is 0 Å². The molecule has 0 aliphatic carbocycles. The molecular weight excluding hydrogens is 379 g/mol. The van der Waals surface area contributed by atoms with Crippen molar-refractivity contribution in [3.8, 4) is 11.1 Å². The maximum Gasteiger partial charge on any atom is 0.488 e. The third-order valence-corrected chi connectivity index (χ3v) is 6.27. The van der Waals surface area contributed by atoms with E-state index in [-0.39, 0.29) is 0 Å². The van der Waals surface area contributed by atoms with Crippen LogP contribution in [0.25, 0.3) is 54.2 Å². The molecule has 6 aromatic carbocycles. The summed E-state index contributed by atoms with van der Waals surface area (Å²) >= 11 is 0. The van der Waals surface area contributed by atoms with Crippen LogP contribution < -0.4 is 5.46 Å². The Labute approximate surface area is 180 Å². The summed E-state index contributed by atoms with van der Waals surface area (Å²) in [4.78, 5) is 0. The van der Waals surface area contributed by atoms with Crippen LogP contribution in [0.15, 0.2) is 103 Å². The largest absolute Gasteiger partial charge is 0.488 e. The van der Waals surface area contributed by atoms with Crippen LogP contribution in [0.5, 0.6) is 0 Å². The molecule has 2 nitrogen and oxygen atoms in total. The first-order valence-electron chi connectivity index (χ1n) is 10.4. The minimum absolute atomic E-state index is 0.491. The molecule has 0 aromatic heterocycles.